The summed E-state index contributed by atoms with van der Waals surface area (Å²) >= 11 is 0. The molecule has 1 aliphatic rings. The predicted molar refractivity (Wildman–Crippen MR) is 77.5 cm³/mol. The Bertz CT molecular complexity index is 404. The SMILES string of the molecule is CCN(Cc1ccccc1)C(=O)C1CCCCC1N. The van der Waals surface area contributed by atoms with Crippen molar-refractivity contribution < 1.29 is 4.79 Å². The molecule has 2 rings (SSSR count). The second-order valence-electron chi connectivity index (χ2n) is 5.39. The molecule has 1 amide bonds. The first-order chi connectivity index (χ1) is 9.22. The van der Waals surface area contributed by atoms with Crippen LogP contribution in [0.4, 0.5) is 0 Å². The Kier molecular flexibility index (Phi) is 4.97. The molecule has 3 nitrogen and oxygen atoms in total. The Labute approximate surface area is 115 Å². The third-order valence-corrected chi connectivity index (χ3v) is 4.05. The third kappa shape index (κ3) is 3.57. The Morgan fingerprint density at radius 1 is 1.26 bits per heavy atom. The molecule has 0 aliphatic heterocycles. The van der Waals surface area contributed by atoms with Gasteiger partial charge in [0.15, 0.2) is 0 Å². The van der Waals surface area contributed by atoms with E-state index in [2.05, 4.69) is 12.1 Å². The quantitative estimate of drug-likeness (QED) is 0.904. The van der Waals surface area contributed by atoms with Gasteiger partial charge in [-0.25, -0.2) is 0 Å². The van der Waals surface area contributed by atoms with Gasteiger partial charge in [-0.2, -0.15) is 0 Å². The molecule has 0 radical (unpaired) electrons. The topological polar surface area (TPSA) is 46.3 Å². The molecular formula is C16H24N2O. The summed E-state index contributed by atoms with van der Waals surface area (Å²) in [5.74, 6) is 0.260. The first-order valence-electron chi connectivity index (χ1n) is 7.30. The summed E-state index contributed by atoms with van der Waals surface area (Å²) in [5, 5.41) is 0. The summed E-state index contributed by atoms with van der Waals surface area (Å²) in [6.07, 6.45) is 4.23. The van der Waals surface area contributed by atoms with Crippen molar-refractivity contribution in [2.45, 2.75) is 45.2 Å². The molecule has 104 valence electrons. The second kappa shape index (κ2) is 6.71. The number of carbonyl (C=O) groups is 1. The monoisotopic (exact) mass is 260 g/mol. The van der Waals surface area contributed by atoms with E-state index < -0.39 is 0 Å². The highest BCUT2D eigenvalue weighted by Crippen LogP contribution is 2.25. The number of amides is 1. The van der Waals surface area contributed by atoms with Crippen molar-refractivity contribution in [2.75, 3.05) is 6.54 Å². The maximum atomic E-state index is 12.6. The van der Waals surface area contributed by atoms with Crippen molar-refractivity contribution in [3.8, 4) is 0 Å². The number of nitrogens with zero attached hydrogens (tertiary/aromatic N) is 1. The van der Waals surface area contributed by atoms with Crippen molar-refractivity contribution in [3.05, 3.63) is 35.9 Å². The number of carbonyl (C=O) groups excluding carboxylic acids is 1. The number of hydrogen-bond donors (Lipinski definition) is 1. The lowest BCUT2D eigenvalue weighted by Crippen LogP contribution is -2.45. The zero-order valence-electron chi connectivity index (χ0n) is 11.7. The van der Waals surface area contributed by atoms with Crippen molar-refractivity contribution in [1.82, 2.24) is 4.90 Å². The Morgan fingerprint density at radius 3 is 2.58 bits per heavy atom. The summed E-state index contributed by atoms with van der Waals surface area (Å²) in [5.41, 5.74) is 7.30. The van der Waals surface area contributed by atoms with Crippen LogP contribution in [0.25, 0.3) is 0 Å². The molecule has 0 saturated heterocycles. The van der Waals surface area contributed by atoms with E-state index in [4.69, 9.17) is 5.73 Å². The number of benzene rings is 1. The molecule has 0 aromatic heterocycles. The fourth-order valence-electron chi connectivity index (χ4n) is 2.85. The summed E-state index contributed by atoms with van der Waals surface area (Å²) < 4.78 is 0. The minimum absolute atomic E-state index is 0.0254. The summed E-state index contributed by atoms with van der Waals surface area (Å²) in [6.45, 7) is 3.48. The van der Waals surface area contributed by atoms with Gasteiger partial charge in [0.1, 0.15) is 0 Å². The number of rotatable bonds is 4. The average Bonchev–Trinajstić information content (AvgIpc) is 2.46. The Hall–Kier alpha value is -1.35. The van der Waals surface area contributed by atoms with E-state index in [1.165, 1.54) is 5.56 Å². The summed E-state index contributed by atoms with van der Waals surface area (Å²) in [7, 11) is 0. The molecule has 0 spiro atoms. The molecule has 3 heteroatoms. The van der Waals surface area contributed by atoms with Crippen LogP contribution in [-0.4, -0.2) is 23.4 Å². The van der Waals surface area contributed by atoms with Crippen LogP contribution in [-0.2, 0) is 11.3 Å². The molecule has 1 aromatic rings. The van der Waals surface area contributed by atoms with E-state index in [1.54, 1.807) is 0 Å². The van der Waals surface area contributed by atoms with Gasteiger partial charge in [0.05, 0.1) is 5.92 Å². The lowest BCUT2D eigenvalue weighted by Gasteiger charge is -2.32. The van der Waals surface area contributed by atoms with Gasteiger partial charge in [0, 0.05) is 19.1 Å². The van der Waals surface area contributed by atoms with Crippen molar-refractivity contribution in [2.24, 2.45) is 11.7 Å². The van der Waals surface area contributed by atoms with Gasteiger partial charge < -0.3 is 10.6 Å². The van der Waals surface area contributed by atoms with Crippen LogP contribution in [0.5, 0.6) is 0 Å². The van der Waals surface area contributed by atoms with E-state index >= 15 is 0 Å². The van der Waals surface area contributed by atoms with Gasteiger partial charge in [-0.3, -0.25) is 4.79 Å². The summed E-state index contributed by atoms with van der Waals surface area (Å²) in [4.78, 5) is 14.5. The minimum Gasteiger partial charge on any atom is -0.338 e. The van der Waals surface area contributed by atoms with Gasteiger partial charge >= 0.3 is 0 Å². The molecule has 1 fully saturated rings. The molecule has 19 heavy (non-hydrogen) atoms. The first kappa shape index (κ1) is 14.1. The highest BCUT2D eigenvalue weighted by molar-refractivity contribution is 5.79. The van der Waals surface area contributed by atoms with Crippen LogP contribution in [0.1, 0.15) is 38.2 Å². The van der Waals surface area contributed by atoms with Crippen molar-refractivity contribution >= 4 is 5.91 Å². The van der Waals surface area contributed by atoms with Crippen LogP contribution in [0.15, 0.2) is 30.3 Å². The van der Waals surface area contributed by atoms with Crippen LogP contribution in [0.2, 0.25) is 0 Å². The van der Waals surface area contributed by atoms with E-state index in [-0.39, 0.29) is 17.9 Å². The zero-order chi connectivity index (χ0) is 13.7. The van der Waals surface area contributed by atoms with E-state index in [0.29, 0.717) is 6.54 Å². The zero-order valence-corrected chi connectivity index (χ0v) is 11.7. The molecule has 2 N–H and O–H groups in total. The standard InChI is InChI=1S/C16H24N2O/c1-2-18(12-13-8-4-3-5-9-13)16(19)14-10-6-7-11-15(14)17/h3-5,8-9,14-15H,2,6-7,10-12,17H2,1H3. The molecule has 0 heterocycles. The second-order valence-corrected chi connectivity index (χ2v) is 5.39. The van der Waals surface area contributed by atoms with Crippen LogP contribution >= 0.6 is 0 Å². The molecule has 1 aromatic carbocycles. The Balaban J connectivity index is 2.02. The van der Waals surface area contributed by atoms with Crippen molar-refractivity contribution in [1.29, 1.82) is 0 Å². The molecule has 0 bridgehead atoms. The van der Waals surface area contributed by atoms with Crippen LogP contribution < -0.4 is 5.73 Å². The smallest absolute Gasteiger partial charge is 0.227 e. The first-order valence-corrected chi connectivity index (χ1v) is 7.30. The highest BCUT2D eigenvalue weighted by Gasteiger charge is 2.30. The van der Waals surface area contributed by atoms with E-state index in [1.807, 2.05) is 30.0 Å². The molecular weight excluding hydrogens is 236 g/mol. The fraction of sp³-hybridized carbons (Fsp3) is 0.562. The number of nitrogens with two attached hydrogens (primary N) is 1. The largest absolute Gasteiger partial charge is 0.338 e. The Morgan fingerprint density at radius 2 is 1.95 bits per heavy atom. The fourth-order valence-corrected chi connectivity index (χ4v) is 2.85. The van der Waals surface area contributed by atoms with Crippen LogP contribution in [0.3, 0.4) is 0 Å². The highest BCUT2D eigenvalue weighted by atomic mass is 16.2. The number of hydrogen-bond acceptors (Lipinski definition) is 2. The average molecular weight is 260 g/mol. The molecule has 2 atom stereocenters. The van der Waals surface area contributed by atoms with Crippen molar-refractivity contribution in [3.63, 3.8) is 0 Å². The lowest BCUT2D eigenvalue weighted by atomic mass is 9.84. The molecule has 2 unspecified atom stereocenters. The minimum atomic E-state index is 0.0254. The maximum Gasteiger partial charge on any atom is 0.227 e. The van der Waals surface area contributed by atoms with Crippen LogP contribution in [0, 0.1) is 5.92 Å². The third-order valence-electron chi connectivity index (χ3n) is 4.05. The predicted octanol–water partition coefficient (Wildman–Crippen LogP) is 2.55. The van der Waals surface area contributed by atoms with Gasteiger partial charge in [0.2, 0.25) is 5.91 Å². The van der Waals surface area contributed by atoms with Gasteiger partial charge in [0.25, 0.3) is 0 Å². The van der Waals surface area contributed by atoms with E-state index in [9.17, 15) is 4.79 Å². The van der Waals surface area contributed by atoms with E-state index in [0.717, 1.165) is 32.2 Å². The van der Waals surface area contributed by atoms with Gasteiger partial charge in [-0.15, -0.1) is 0 Å². The maximum absolute atomic E-state index is 12.6. The lowest BCUT2D eigenvalue weighted by molar-refractivity contribution is -0.137. The van der Waals surface area contributed by atoms with Gasteiger partial charge in [-0.05, 0) is 25.3 Å². The molecule has 1 aliphatic carbocycles. The van der Waals surface area contributed by atoms with Gasteiger partial charge in [-0.1, -0.05) is 43.2 Å². The molecule has 1 saturated carbocycles. The normalized spacial score (nSPS) is 23.1. The summed E-state index contributed by atoms with van der Waals surface area (Å²) in [6, 6.07) is 10.2.